The summed E-state index contributed by atoms with van der Waals surface area (Å²) in [5.41, 5.74) is 8.26. The maximum atomic E-state index is 5.64. The molecule has 0 aliphatic heterocycles. The molecule has 0 amide bonds. The Bertz CT molecular complexity index is 593. The number of aromatic nitrogens is 1. The number of halogens is 1. The Balaban J connectivity index is 0.00000192. The van der Waals surface area contributed by atoms with Gasteiger partial charge in [-0.05, 0) is 51.3 Å². The lowest BCUT2D eigenvalue weighted by Crippen LogP contribution is -2.21. The first-order valence-corrected chi connectivity index (χ1v) is 9.02. The third kappa shape index (κ3) is 5.28. The molecule has 1 aliphatic rings. The van der Waals surface area contributed by atoms with Crippen molar-refractivity contribution in [2.75, 3.05) is 13.6 Å². The van der Waals surface area contributed by atoms with Crippen LogP contribution in [-0.4, -0.2) is 29.5 Å². The molecule has 1 saturated carbocycles. The van der Waals surface area contributed by atoms with E-state index in [2.05, 4.69) is 41.2 Å². The van der Waals surface area contributed by atoms with Crippen LogP contribution >= 0.6 is 23.7 Å². The molecule has 2 aromatic rings. The smallest absolute Gasteiger partial charge is 0.123 e. The fraction of sp³-hybridized carbons (Fsp3) is 0.500. The van der Waals surface area contributed by atoms with E-state index in [9.17, 15) is 0 Å². The predicted octanol–water partition coefficient (Wildman–Crippen LogP) is 4.11. The van der Waals surface area contributed by atoms with Crippen LogP contribution in [-0.2, 0) is 13.0 Å². The Morgan fingerprint density at radius 2 is 1.96 bits per heavy atom. The van der Waals surface area contributed by atoms with Crippen molar-refractivity contribution in [3.8, 4) is 10.6 Å². The zero-order chi connectivity index (χ0) is 15.4. The summed E-state index contributed by atoms with van der Waals surface area (Å²) in [7, 11) is 2.26. The summed E-state index contributed by atoms with van der Waals surface area (Å²) in [5.74, 6) is 0. The van der Waals surface area contributed by atoms with E-state index in [1.165, 1.54) is 49.8 Å². The maximum Gasteiger partial charge on any atom is 0.123 e. The van der Waals surface area contributed by atoms with Crippen molar-refractivity contribution in [3.05, 3.63) is 40.9 Å². The SMILES string of the molecule is CN(CCCCc1ccc(-c2ncc(CN)s2)cc1)C1CC1.Cl. The number of unbranched alkanes of at least 4 members (excludes halogenated alkanes) is 1. The molecule has 0 saturated heterocycles. The molecule has 0 bridgehead atoms. The third-order valence-electron chi connectivity index (χ3n) is 4.35. The summed E-state index contributed by atoms with van der Waals surface area (Å²) in [6, 6.07) is 9.73. The highest BCUT2D eigenvalue weighted by Crippen LogP contribution is 2.26. The molecule has 1 heterocycles. The fourth-order valence-corrected chi connectivity index (χ4v) is 3.53. The van der Waals surface area contributed by atoms with Crippen molar-refractivity contribution < 1.29 is 0 Å². The molecule has 3 nitrogen and oxygen atoms in total. The van der Waals surface area contributed by atoms with E-state index in [1.807, 2.05) is 6.20 Å². The molecule has 0 unspecified atom stereocenters. The lowest BCUT2D eigenvalue weighted by molar-refractivity contribution is 0.316. The summed E-state index contributed by atoms with van der Waals surface area (Å²) in [6.45, 7) is 1.81. The highest BCUT2D eigenvalue weighted by Gasteiger charge is 2.25. The molecule has 126 valence electrons. The number of benzene rings is 1. The molecule has 0 atom stereocenters. The van der Waals surface area contributed by atoms with Gasteiger partial charge in [-0.15, -0.1) is 23.7 Å². The third-order valence-corrected chi connectivity index (χ3v) is 5.42. The van der Waals surface area contributed by atoms with Gasteiger partial charge in [0.05, 0.1) is 0 Å². The zero-order valence-corrected chi connectivity index (χ0v) is 15.3. The summed E-state index contributed by atoms with van der Waals surface area (Å²) < 4.78 is 0. The number of hydrogen-bond acceptors (Lipinski definition) is 4. The largest absolute Gasteiger partial charge is 0.326 e. The quantitative estimate of drug-likeness (QED) is 0.728. The van der Waals surface area contributed by atoms with Gasteiger partial charge in [0.25, 0.3) is 0 Å². The first kappa shape index (κ1) is 18.4. The molecule has 1 aromatic heterocycles. The molecule has 3 rings (SSSR count). The zero-order valence-electron chi connectivity index (χ0n) is 13.7. The average molecular weight is 352 g/mol. The molecule has 0 radical (unpaired) electrons. The molecule has 1 aromatic carbocycles. The van der Waals surface area contributed by atoms with Gasteiger partial charge in [0.15, 0.2) is 0 Å². The molecule has 23 heavy (non-hydrogen) atoms. The van der Waals surface area contributed by atoms with E-state index in [0.717, 1.165) is 15.9 Å². The van der Waals surface area contributed by atoms with Gasteiger partial charge in [-0.25, -0.2) is 4.98 Å². The predicted molar refractivity (Wildman–Crippen MR) is 101 cm³/mol. The minimum atomic E-state index is 0. The van der Waals surface area contributed by atoms with Crippen LogP contribution in [0.3, 0.4) is 0 Å². The van der Waals surface area contributed by atoms with Gasteiger partial charge in [0.2, 0.25) is 0 Å². The standard InChI is InChI=1S/C18H25N3S.ClH/c1-21(16-9-10-16)11-3-2-4-14-5-7-15(8-6-14)18-20-13-17(12-19)22-18;/h5-8,13,16H,2-4,9-12,19H2,1H3;1H. The van der Waals surface area contributed by atoms with E-state index < -0.39 is 0 Å². The summed E-state index contributed by atoms with van der Waals surface area (Å²) in [6.07, 6.45) is 8.42. The maximum absolute atomic E-state index is 5.64. The number of thiazole rings is 1. The Kier molecular flexibility index (Phi) is 7.03. The van der Waals surface area contributed by atoms with Crippen LogP contribution in [0.15, 0.2) is 30.5 Å². The van der Waals surface area contributed by atoms with Gasteiger partial charge < -0.3 is 10.6 Å². The Labute approximate surface area is 149 Å². The van der Waals surface area contributed by atoms with Crippen LogP contribution in [0.2, 0.25) is 0 Å². The van der Waals surface area contributed by atoms with Crippen molar-refractivity contribution in [1.29, 1.82) is 0 Å². The molecule has 1 aliphatic carbocycles. The first-order valence-electron chi connectivity index (χ1n) is 8.20. The van der Waals surface area contributed by atoms with Gasteiger partial charge in [-0.3, -0.25) is 0 Å². The Morgan fingerprint density at radius 1 is 1.22 bits per heavy atom. The highest BCUT2D eigenvalue weighted by atomic mass is 35.5. The number of aryl methyl sites for hydroxylation is 1. The van der Waals surface area contributed by atoms with Crippen LogP contribution in [0.4, 0.5) is 0 Å². The van der Waals surface area contributed by atoms with Crippen molar-refractivity contribution >= 4 is 23.7 Å². The second kappa shape index (κ2) is 8.78. The Morgan fingerprint density at radius 3 is 2.57 bits per heavy atom. The minimum Gasteiger partial charge on any atom is -0.326 e. The number of nitrogens with zero attached hydrogens (tertiary/aromatic N) is 2. The summed E-state index contributed by atoms with van der Waals surface area (Å²) >= 11 is 1.68. The minimum absolute atomic E-state index is 0. The second-order valence-electron chi connectivity index (χ2n) is 6.20. The summed E-state index contributed by atoms with van der Waals surface area (Å²) in [5, 5.41) is 1.07. The normalized spacial score (nSPS) is 14.0. The van der Waals surface area contributed by atoms with Gasteiger partial charge in [0, 0.05) is 29.2 Å². The number of nitrogens with two attached hydrogens (primary N) is 1. The van der Waals surface area contributed by atoms with Crippen LogP contribution in [0, 0.1) is 0 Å². The lowest BCUT2D eigenvalue weighted by atomic mass is 10.1. The molecule has 1 fully saturated rings. The fourth-order valence-electron chi connectivity index (χ4n) is 2.74. The molecule has 0 spiro atoms. The molecule has 5 heteroatoms. The van der Waals surface area contributed by atoms with E-state index in [0.29, 0.717) is 6.54 Å². The highest BCUT2D eigenvalue weighted by molar-refractivity contribution is 7.15. The lowest BCUT2D eigenvalue weighted by Gasteiger charge is -2.14. The number of hydrogen-bond donors (Lipinski definition) is 1. The van der Waals surface area contributed by atoms with E-state index in [4.69, 9.17) is 5.73 Å². The average Bonchev–Trinajstić information content (AvgIpc) is 3.30. The van der Waals surface area contributed by atoms with E-state index in [1.54, 1.807) is 11.3 Å². The van der Waals surface area contributed by atoms with Crippen molar-refractivity contribution in [2.45, 2.75) is 44.7 Å². The van der Waals surface area contributed by atoms with Gasteiger partial charge >= 0.3 is 0 Å². The monoisotopic (exact) mass is 351 g/mol. The van der Waals surface area contributed by atoms with E-state index in [-0.39, 0.29) is 12.4 Å². The van der Waals surface area contributed by atoms with Crippen molar-refractivity contribution in [1.82, 2.24) is 9.88 Å². The molecule has 2 N–H and O–H groups in total. The van der Waals surface area contributed by atoms with Gasteiger partial charge in [-0.2, -0.15) is 0 Å². The molecular formula is C18H26ClN3S. The Hall–Kier alpha value is -0.940. The van der Waals surface area contributed by atoms with Gasteiger partial charge in [0.1, 0.15) is 5.01 Å². The first-order chi connectivity index (χ1) is 10.8. The van der Waals surface area contributed by atoms with E-state index >= 15 is 0 Å². The summed E-state index contributed by atoms with van der Waals surface area (Å²) in [4.78, 5) is 8.09. The second-order valence-corrected chi connectivity index (χ2v) is 7.32. The van der Waals surface area contributed by atoms with Crippen LogP contribution in [0.25, 0.3) is 10.6 Å². The van der Waals surface area contributed by atoms with Crippen LogP contribution < -0.4 is 5.73 Å². The van der Waals surface area contributed by atoms with Crippen LogP contribution in [0.5, 0.6) is 0 Å². The van der Waals surface area contributed by atoms with Gasteiger partial charge in [-0.1, -0.05) is 24.3 Å². The van der Waals surface area contributed by atoms with Crippen LogP contribution in [0.1, 0.15) is 36.1 Å². The topological polar surface area (TPSA) is 42.2 Å². The van der Waals surface area contributed by atoms with Crippen molar-refractivity contribution in [2.24, 2.45) is 5.73 Å². The van der Waals surface area contributed by atoms with Crippen molar-refractivity contribution in [3.63, 3.8) is 0 Å². The number of rotatable bonds is 8. The molecular weight excluding hydrogens is 326 g/mol.